The number of benzene rings is 2. The summed E-state index contributed by atoms with van der Waals surface area (Å²) in [5.74, 6) is 2.26. The van der Waals surface area contributed by atoms with Crippen LogP contribution in [-0.2, 0) is 13.1 Å². The Morgan fingerprint density at radius 3 is 2.82 bits per heavy atom. The van der Waals surface area contributed by atoms with Gasteiger partial charge in [-0.15, -0.1) is 0 Å². The number of methoxy groups -OCH3 is 1. The van der Waals surface area contributed by atoms with Crippen molar-refractivity contribution < 1.29 is 9.53 Å². The minimum absolute atomic E-state index is 0.0442. The molecule has 1 N–H and O–H groups in total. The van der Waals surface area contributed by atoms with Crippen LogP contribution in [0.2, 0.25) is 0 Å². The van der Waals surface area contributed by atoms with Crippen LogP contribution in [-0.4, -0.2) is 35.7 Å². The molecule has 0 fully saturated rings. The van der Waals surface area contributed by atoms with Crippen molar-refractivity contribution >= 4 is 22.6 Å². The van der Waals surface area contributed by atoms with Crippen molar-refractivity contribution in [1.82, 2.24) is 14.9 Å². The van der Waals surface area contributed by atoms with E-state index in [1.54, 1.807) is 7.11 Å². The summed E-state index contributed by atoms with van der Waals surface area (Å²) in [7, 11) is 1.70. The molecule has 1 amide bonds. The van der Waals surface area contributed by atoms with E-state index in [0.29, 0.717) is 24.6 Å². The number of nitrogens with one attached hydrogen (secondary N) is 1. The van der Waals surface area contributed by atoms with E-state index in [-0.39, 0.29) is 5.91 Å². The number of amides is 1. The summed E-state index contributed by atoms with van der Waals surface area (Å²) in [6.45, 7) is 7.29. The Kier molecular flexibility index (Phi) is 4.94. The highest BCUT2D eigenvalue weighted by atomic mass is 16.5. The molecule has 0 atom stereocenters. The van der Waals surface area contributed by atoms with Gasteiger partial charge in [0, 0.05) is 25.2 Å². The van der Waals surface area contributed by atoms with E-state index < -0.39 is 0 Å². The Hall–Kier alpha value is -3.02. The largest absolute Gasteiger partial charge is 0.495 e. The smallest absolute Gasteiger partial charge is 0.251 e. The van der Waals surface area contributed by atoms with Gasteiger partial charge in [0.25, 0.3) is 5.91 Å². The molecule has 6 heteroatoms. The number of aromatic nitrogens is 2. The van der Waals surface area contributed by atoms with Crippen molar-refractivity contribution in [1.29, 1.82) is 0 Å². The van der Waals surface area contributed by atoms with E-state index in [2.05, 4.69) is 34.7 Å². The molecule has 0 aliphatic carbocycles. The zero-order valence-corrected chi connectivity index (χ0v) is 16.6. The van der Waals surface area contributed by atoms with Crippen LogP contribution in [0.15, 0.2) is 42.5 Å². The summed E-state index contributed by atoms with van der Waals surface area (Å²) in [5.41, 5.74) is 3.69. The molecular formula is C22H26N4O2. The first-order chi connectivity index (χ1) is 13.6. The fourth-order valence-electron chi connectivity index (χ4n) is 3.66. The van der Waals surface area contributed by atoms with Gasteiger partial charge in [0.05, 0.1) is 30.4 Å². The monoisotopic (exact) mass is 378 g/mol. The van der Waals surface area contributed by atoms with E-state index in [0.717, 1.165) is 41.4 Å². The average molecular weight is 378 g/mol. The van der Waals surface area contributed by atoms with Crippen molar-refractivity contribution in [2.45, 2.75) is 26.9 Å². The molecule has 0 saturated heterocycles. The van der Waals surface area contributed by atoms with E-state index in [4.69, 9.17) is 9.72 Å². The summed E-state index contributed by atoms with van der Waals surface area (Å²) >= 11 is 0. The Morgan fingerprint density at radius 1 is 1.21 bits per heavy atom. The molecule has 0 radical (unpaired) electrons. The first kappa shape index (κ1) is 18.3. The zero-order valence-electron chi connectivity index (χ0n) is 16.6. The number of imidazole rings is 1. The van der Waals surface area contributed by atoms with Gasteiger partial charge in [0.2, 0.25) is 0 Å². The summed E-state index contributed by atoms with van der Waals surface area (Å²) in [6, 6.07) is 13.9. The molecule has 1 aliphatic heterocycles. The fourth-order valence-corrected chi connectivity index (χ4v) is 3.66. The highest BCUT2D eigenvalue weighted by molar-refractivity contribution is 5.97. The maximum absolute atomic E-state index is 12.4. The SMILES string of the molecule is COc1ccccc1N1CCn2c(nc3cc(C(=O)NCC(C)C)ccc32)C1. The quantitative estimate of drug-likeness (QED) is 0.739. The van der Waals surface area contributed by atoms with Gasteiger partial charge in [-0.25, -0.2) is 4.98 Å². The molecule has 0 saturated carbocycles. The van der Waals surface area contributed by atoms with Crippen LogP contribution in [0, 0.1) is 5.92 Å². The number of hydrogen-bond donors (Lipinski definition) is 1. The molecule has 1 aliphatic rings. The third kappa shape index (κ3) is 3.42. The third-order valence-electron chi connectivity index (χ3n) is 5.11. The predicted octanol–water partition coefficient (Wildman–Crippen LogP) is 3.45. The van der Waals surface area contributed by atoms with E-state index >= 15 is 0 Å². The highest BCUT2D eigenvalue weighted by Gasteiger charge is 2.22. The molecule has 6 nitrogen and oxygen atoms in total. The molecule has 146 valence electrons. The molecule has 0 spiro atoms. The van der Waals surface area contributed by atoms with Gasteiger partial charge in [0.1, 0.15) is 11.6 Å². The molecule has 3 aromatic rings. The first-order valence-corrected chi connectivity index (χ1v) is 9.72. The second kappa shape index (κ2) is 7.54. The topological polar surface area (TPSA) is 59.4 Å². The maximum atomic E-state index is 12.4. The molecule has 28 heavy (non-hydrogen) atoms. The average Bonchev–Trinajstić information content (AvgIpc) is 3.08. The molecule has 2 heterocycles. The maximum Gasteiger partial charge on any atom is 0.251 e. The van der Waals surface area contributed by atoms with Gasteiger partial charge in [-0.05, 0) is 36.2 Å². The number of carbonyl (C=O) groups excluding carboxylic acids is 1. The lowest BCUT2D eigenvalue weighted by atomic mass is 10.1. The third-order valence-corrected chi connectivity index (χ3v) is 5.11. The van der Waals surface area contributed by atoms with Gasteiger partial charge in [-0.2, -0.15) is 0 Å². The Labute approximate surface area is 165 Å². The fraction of sp³-hybridized carbons (Fsp3) is 0.364. The summed E-state index contributed by atoms with van der Waals surface area (Å²) < 4.78 is 7.76. The summed E-state index contributed by atoms with van der Waals surface area (Å²) in [6.07, 6.45) is 0. The zero-order chi connectivity index (χ0) is 19.7. The van der Waals surface area contributed by atoms with Crippen LogP contribution in [0.4, 0.5) is 5.69 Å². The first-order valence-electron chi connectivity index (χ1n) is 9.72. The molecule has 2 aromatic carbocycles. The van der Waals surface area contributed by atoms with Crippen molar-refractivity contribution in [2.24, 2.45) is 5.92 Å². The number of hydrogen-bond acceptors (Lipinski definition) is 4. The standard InChI is InChI=1S/C22H26N4O2/c1-15(2)13-23-22(27)16-8-9-18-17(12-16)24-21-14-25(10-11-26(18)21)19-6-4-5-7-20(19)28-3/h4-9,12,15H,10-11,13-14H2,1-3H3,(H,23,27). The number of para-hydroxylation sites is 2. The highest BCUT2D eigenvalue weighted by Crippen LogP contribution is 2.31. The van der Waals surface area contributed by atoms with Crippen molar-refractivity contribution in [3.63, 3.8) is 0 Å². The number of carbonyl (C=O) groups is 1. The number of fused-ring (bicyclic) bond motifs is 3. The van der Waals surface area contributed by atoms with Gasteiger partial charge < -0.3 is 19.5 Å². The summed E-state index contributed by atoms with van der Waals surface area (Å²) in [4.78, 5) is 19.5. The van der Waals surface area contributed by atoms with Crippen LogP contribution in [0.5, 0.6) is 5.75 Å². The molecular weight excluding hydrogens is 352 g/mol. The minimum Gasteiger partial charge on any atom is -0.495 e. The lowest BCUT2D eigenvalue weighted by Crippen LogP contribution is -2.33. The van der Waals surface area contributed by atoms with E-state index in [9.17, 15) is 4.79 Å². The number of anilines is 1. The van der Waals surface area contributed by atoms with Crippen molar-refractivity contribution in [3.8, 4) is 5.75 Å². The second-order valence-electron chi connectivity index (χ2n) is 7.58. The van der Waals surface area contributed by atoms with Crippen molar-refractivity contribution in [3.05, 3.63) is 53.9 Å². The number of nitrogens with zero attached hydrogens (tertiary/aromatic N) is 3. The van der Waals surface area contributed by atoms with Gasteiger partial charge >= 0.3 is 0 Å². The molecule has 0 bridgehead atoms. The van der Waals surface area contributed by atoms with Crippen molar-refractivity contribution in [2.75, 3.05) is 25.1 Å². The number of rotatable bonds is 5. The second-order valence-corrected chi connectivity index (χ2v) is 7.58. The Bertz CT molecular complexity index is 1010. The van der Waals surface area contributed by atoms with Gasteiger partial charge in [-0.1, -0.05) is 26.0 Å². The van der Waals surface area contributed by atoms with Crippen LogP contribution < -0.4 is 15.0 Å². The molecule has 4 rings (SSSR count). The van der Waals surface area contributed by atoms with Gasteiger partial charge in [-0.3, -0.25) is 4.79 Å². The Balaban J connectivity index is 1.60. The van der Waals surface area contributed by atoms with E-state index in [1.165, 1.54) is 0 Å². The van der Waals surface area contributed by atoms with E-state index in [1.807, 2.05) is 36.4 Å². The lowest BCUT2D eigenvalue weighted by Gasteiger charge is -2.30. The molecule has 0 unspecified atom stereocenters. The van der Waals surface area contributed by atoms with Crippen LogP contribution in [0.1, 0.15) is 30.0 Å². The van der Waals surface area contributed by atoms with Crippen LogP contribution >= 0.6 is 0 Å². The summed E-state index contributed by atoms with van der Waals surface area (Å²) in [5, 5.41) is 2.97. The predicted molar refractivity (Wildman–Crippen MR) is 111 cm³/mol. The lowest BCUT2D eigenvalue weighted by molar-refractivity contribution is 0.0949. The normalized spacial score (nSPS) is 13.6. The Morgan fingerprint density at radius 2 is 2.04 bits per heavy atom. The van der Waals surface area contributed by atoms with Crippen LogP contribution in [0.3, 0.4) is 0 Å². The van der Waals surface area contributed by atoms with Crippen LogP contribution in [0.25, 0.3) is 11.0 Å². The number of ether oxygens (including phenoxy) is 1. The molecule has 1 aromatic heterocycles. The van der Waals surface area contributed by atoms with Gasteiger partial charge in [0.15, 0.2) is 0 Å². The minimum atomic E-state index is -0.0442.